The first-order chi connectivity index (χ1) is 15.8. The van der Waals surface area contributed by atoms with E-state index in [2.05, 4.69) is 4.72 Å². The van der Waals surface area contributed by atoms with Gasteiger partial charge in [-0.05, 0) is 54.4 Å². The van der Waals surface area contributed by atoms with Gasteiger partial charge in [-0.2, -0.15) is 0 Å². The fourth-order valence-corrected chi connectivity index (χ4v) is 4.61. The van der Waals surface area contributed by atoms with Crippen molar-refractivity contribution in [3.8, 4) is 11.5 Å². The molecule has 33 heavy (non-hydrogen) atoms. The monoisotopic (exact) mass is 466 g/mol. The lowest BCUT2D eigenvalue weighted by Gasteiger charge is -2.22. The van der Waals surface area contributed by atoms with E-state index in [-0.39, 0.29) is 18.0 Å². The maximum Gasteiger partial charge on any atom is 0.417 e. The summed E-state index contributed by atoms with van der Waals surface area (Å²) in [5, 5.41) is 0. The molecular weight excluding hydrogens is 444 g/mol. The van der Waals surface area contributed by atoms with Crippen LogP contribution in [0.15, 0.2) is 83.8 Å². The molecule has 0 aromatic heterocycles. The molecule has 1 heterocycles. The van der Waals surface area contributed by atoms with Gasteiger partial charge in [0, 0.05) is 0 Å². The molecule has 170 valence electrons. The normalized spacial score (nSPS) is 14.8. The summed E-state index contributed by atoms with van der Waals surface area (Å²) in [4.78, 5) is 24.8. The highest BCUT2D eigenvalue weighted by Gasteiger charge is 2.34. The van der Waals surface area contributed by atoms with Crippen molar-refractivity contribution in [1.82, 2.24) is 9.62 Å². The average Bonchev–Trinajstić information content (AvgIpc) is 3.11. The molecule has 0 radical (unpaired) electrons. The van der Waals surface area contributed by atoms with Crippen LogP contribution in [0.1, 0.15) is 17.2 Å². The Morgan fingerprint density at radius 1 is 0.970 bits per heavy atom. The lowest BCUT2D eigenvalue weighted by atomic mass is 10.1. The molecule has 3 aromatic carbocycles. The molecule has 4 rings (SSSR count). The number of carbonyl (C=O) groups is 2. The van der Waals surface area contributed by atoms with Crippen molar-refractivity contribution in [3.05, 3.63) is 90.0 Å². The number of hydrogen-bond acceptors (Lipinski definition) is 6. The third kappa shape index (κ3) is 5.39. The molecule has 0 spiro atoms. The smallest absolute Gasteiger partial charge is 0.417 e. The average molecular weight is 467 g/mol. The van der Waals surface area contributed by atoms with Crippen LogP contribution >= 0.6 is 0 Å². The van der Waals surface area contributed by atoms with E-state index in [1.54, 1.807) is 42.5 Å². The number of amides is 2. The molecule has 0 bridgehead atoms. The van der Waals surface area contributed by atoms with Gasteiger partial charge in [-0.25, -0.2) is 22.8 Å². The highest BCUT2D eigenvalue weighted by atomic mass is 32.2. The molecule has 9 heteroatoms. The number of rotatable bonds is 8. The van der Waals surface area contributed by atoms with Crippen molar-refractivity contribution in [2.24, 2.45) is 0 Å². The second-order valence-corrected chi connectivity index (χ2v) is 9.25. The van der Waals surface area contributed by atoms with Gasteiger partial charge < -0.3 is 9.47 Å². The van der Waals surface area contributed by atoms with E-state index in [0.29, 0.717) is 17.1 Å². The third-order valence-corrected chi connectivity index (χ3v) is 6.55. The van der Waals surface area contributed by atoms with Gasteiger partial charge in [-0.1, -0.05) is 42.5 Å². The van der Waals surface area contributed by atoms with Crippen LogP contribution in [-0.4, -0.2) is 38.5 Å². The van der Waals surface area contributed by atoms with E-state index < -0.39 is 28.1 Å². The molecule has 1 aliphatic rings. The molecule has 1 aliphatic heterocycles. The van der Waals surface area contributed by atoms with Crippen LogP contribution in [0.4, 0.5) is 4.79 Å². The van der Waals surface area contributed by atoms with Crippen LogP contribution < -0.4 is 9.46 Å². The molecule has 3 aromatic rings. The Labute approximate surface area is 191 Å². The Balaban J connectivity index is 1.54. The number of benzene rings is 3. The quantitative estimate of drug-likeness (QED) is 0.542. The molecule has 1 atom stereocenters. The minimum Gasteiger partial charge on any atom is -0.457 e. The first-order valence-corrected chi connectivity index (χ1v) is 11.7. The topological polar surface area (TPSA) is 102 Å². The van der Waals surface area contributed by atoms with Crippen LogP contribution in [0.3, 0.4) is 0 Å². The van der Waals surface area contributed by atoms with E-state index in [1.807, 2.05) is 31.2 Å². The second kappa shape index (κ2) is 9.43. The molecule has 1 fully saturated rings. The lowest BCUT2D eigenvalue weighted by Crippen LogP contribution is -2.40. The Kier molecular flexibility index (Phi) is 6.43. The van der Waals surface area contributed by atoms with Crippen molar-refractivity contribution >= 4 is 22.0 Å². The van der Waals surface area contributed by atoms with Crippen LogP contribution in [-0.2, 0) is 19.6 Å². The first-order valence-electron chi connectivity index (χ1n) is 10.2. The van der Waals surface area contributed by atoms with E-state index in [4.69, 9.17) is 9.47 Å². The minimum absolute atomic E-state index is 0.0235. The number of imide groups is 1. The SMILES string of the molecule is Cc1cccc(Oc2ccc(S(=O)(=O)NC(CN3C(=O)COC3=O)c3ccccc3)cc2)c1. The van der Waals surface area contributed by atoms with Crippen molar-refractivity contribution in [3.63, 3.8) is 0 Å². The zero-order chi connectivity index (χ0) is 23.4. The summed E-state index contributed by atoms with van der Waals surface area (Å²) in [6.07, 6.45) is -0.794. The van der Waals surface area contributed by atoms with Crippen LogP contribution in [0.25, 0.3) is 0 Å². The summed E-state index contributed by atoms with van der Waals surface area (Å²) in [5.41, 5.74) is 1.65. The highest BCUT2D eigenvalue weighted by molar-refractivity contribution is 7.89. The van der Waals surface area contributed by atoms with E-state index in [9.17, 15) is 18.0 Å². The lowest BCUT2D eigenvalue weighted by molar-refractivity contribution is -0.126. The number of carbonyl (C=O) groups excluding carboxylic acids is 2. The van der Waals surface area contributed by atoms with Gasteiger partial charge in [0.05, 0.1) is 17.5 Å². The molecular formula is C24H22N2O6S. The number of nitrogens with one attached hydrogen (secondary N) is 1. The number of nitrogens with zero attached hydrogens (tertiary/aromatic N) is 1. The van der Waals surface area contributed by atoms with Crippen LogP contribution in [0.2, 0.25) is 0 Å². The zero-order valence-corrected chi connectivity index (χ0v) is 18.6. The Morgan fingerprint density at radius 3 is 2.33 bits per heavy atom. The second-order valence-electron chi connectivity index (χ2n) is 7.53. The summed E-state index contributed by atoms with van der Waals surface area (Å²) in [6.45, 7) is 1.41. The maximum absolute atomic E-state index is 13.1. The molecule has 2 amide bonds. The fourth-order valence-electron chi connectivity index (χ4n) is 3.39. The molecule has 0 saturated carbocycles. The molecule has 1 unspecified atom stereocenters. The van der Waals surface area contributed by atoms with Crippen LogP contribution in [0.5, 0.6) is 11.5 Å². The van der Waals surface area contributed by atoms with Crippen molar-refractivity contribution < 1.29 is 27.5 Å². The highest BCUT2D eigenvalue weighted by Crippen LogP contribution is 2.25. The number of ether oxygens (including phenoxy) is 2. The fraction of sp³-hybridized carbons (Fsp3) is 0.167. The number of aryl methyl sites for hydroxylation is 1. The van der Waals surface area contributed by atoms with Crippen molar-refractivity contribution in [2.75, 3.05) is 13.2 Å². The van der Waals surface area contributed by atoms with Gasteiger partial charge >= 0.3 is 6.09 Å². The van der Waals surface area contributed by atoms with Crippen LogP contribution in [0, 0.1) is 6.92 Å². The van der Waals surface area contributed by atoms with E-state index in [1.165, 1.54) is 12.1 Å². The Bertz CT molecular complexity index is 1240. The minimum atomic E-state index is -3.98. The van der Waals surface area contributed by atoms with Gasteiger partial charge in [-0.3, -0.25) is 4.79 Å². The summed E-state index contributed by atoms with van der Waals surface area (Å²) in [7, 11) is -3.98. The molecule has 0 aliphatic carbocycles. The van der Waals surface area contributed by atoms with Crippen molar-refractivity contribution in [2.45, 2.75) is 17.9 Å². The molecule has 1 N–H and O–H groups in total. The van der Waals surface area contributed by atoms with Crippen molar-refractivity contribution in [1.29, 1.82) is 0 Å². The van der Waals surface area contributed by atoms with Gasteiger partial charge in [-0.15, -0.1) is 0 Å². The predicted octanol–water partition coefficient (Wildman–Crippen LogP) is 3.79. The largest absolute Gasteiger partial charge is 0.457 e. The Hall–Kier alpha value is -3.69. The Morgan fingerprint density at radius 2 is 1.70 bits per heavy atom. The van der Waals surface area contributed by atoms with Gasteiger partial charge in [0.15, 0.2) is 6.61 Å². The van der Waals surface area contributed by atoms with Gasteiger partial charge in [0.25, 0.3) is 5.91 Å². The number of sulfonamides is 1. The zero-order valence-electron chi connectivity index (χ0n) is 17.8. The summed E-state index contributed by atoms with van der Waals surface area (Å²) >= 11 is 0. The maximum atomic E-state index is 13.1. The predicted molar refractivity (Wildman–Crippen MR) is 120 cm³/mol. The van der Waals surface area contributed by atoms with E-state index in [0.717, 1.165) is 10.5 Å². The standard InChI is InChI=1S/C24H22N2O6S/c1-17-6-5-9-20(14-17)32-19-10-12-21(13-11-19)33(29,30)25-22(18-7-3-2-4-8-18)15-26-23(27)16-31-24(26)28/h2-14,22,25H,15-16H2,1H3. The third-order valence-electron chi connectivity index (χ3n) is 5.06. The number of hydrogen-bond donors (Lipinski definition) is 1. The first kappa shape index (κ1) is 22.5. The van der Waals surface area contributed by atoms with Gasteiger partial charge in [0.2, 0.25) is 10.0 Å². The summed E-state index contributed by atoms with van der Waals surface area (Å²) < 4.78 is 39.3. The van der Waals surface area contributed by atoms with Gasteiger partial charge in [0.1, 0.15) is 11.5 Å². The molecule has 8 nitrogen and oxygen atoms in total. The summed E-state index contributed by atoms with van der Waals surface area (Å²) in [5.74, 6) is 0.623. The molecule has 1 saturated heterocycles. The number of cyclic esters (lactones) is 1. The summed E-state index contributed by atoms with van der Waals surface area (Å²) in [6, 6.07) is 21.4. The van der Waals surface area contributed by atoms with E-state index >= 15 is 0 Å².